The quantitative estimate of drug-likeness (QED) is 0.686. The average Bonchev–Trinajstić information content (AvgIpc) is 3.22. The van der Waals surface area contributed by atoms with Crippen molar-refractivity contribution >= 4 is 38.9 Å². The van der Waals surface area contributed by atoms with Gasteiger partial charge in [0.1, 0.15) is 11.2 Å². The molecule has 0 saturated carbocycles. The zero-order valence-electron chi connectivity index (χ0n) is 15.6. The van der Waals surface area contributed by atoms with E-state index in [0.29, 0.717) is 17.6 Å². The molecule has 0 bridgehead atoms. The number of thiophene rings is 1. The summed E-state index contributed by atoms with van der Waals surface area (Å²) in [6.07, 6.45) is 6.48. The third-order valence-corrected chi connectivity index (χ3v) is 6.61. The molecule has 0 radical (unpaired) electrons. The molecule has 0 N–H and O–H groups in total. The van der Waals surface area contributed by atoms with Crippen molar-refractivity contribution in [1.82, 2.24) is 9.66 Å². The van der Waals surface area contributed by atoms with Crippen molar-refractivity contribution in [3.8, 4) is 0 Å². The van der Waals surface area contributed by atoms with E-state index in [1.165, 1.54) is 15.9 Å². The molecule has 6 nitrogen and oxygen atoms in total. The Kier molecular flexibility index (Phi) is 4.12. The lowest BCUT2D eigenvalue weighted by molar-refractivity contribution is -0.112. The molecule has 0 fully saturated rings. The van der Waals surface area contributed by atoms with Crippen LogP contribution in [0.1, 0.15) is 42.2 Å². The van der Waals surface area contributed by atoms with Crippen LogP contribution in [0.5, 0.6) is 0 Å². The first-order valence-corrected chi connectivity index (χ1v) is 10.5. The van der Waals surface area contributed by atoms with Gasteiger partial charge in [-0.1, -0.05) is 25.1 Å². The number of hydrogen-bond acceptors (Lipinski definition) is 5. The van der Waals surface area contributed by atoms with E-state index in [1.807, 2.05) is 31.2 Å². The Labute approximate surface area is 166 Å². The normalized spacial score (nSPS) is 17.4. The highest BCUT2D eigenvalue weighted by Crippen LogP contribution is 2.33. The van der Waals surface area contributed by atoms with Gasteiger partial charge in [0, 0.05) is 17.0 Å². The first-order valence-electron chi connectivity index (χ1n) is 9.71. The molecule has 0 spiro atoms. The van der Waals surface area contributed by atoms with Crippen molar-refractivity contribution in [2.75, 3.05) is 11.4 Å². The highest BCUT2D eigenvalue weighted by atomic mass is 32.1. The fraction of sp³-hybridized carbons (Fsp3) is 0.333. The number of amides is 1. The summed E-state index contributed by atoms with van der Waals surface area (Å²) < 4.78 is 1.24. The van der Waals surface area contributed by atoms with E-state index in [0.717, 1.165) is 53.7 Å². The molecule has 1 aliphatic carbocycles. The van der Waals surface area contributed by atoms with Crippen LogP contribution in [0.4, 0.5) is 5.69 Å². The van der Waals surface area contributed by atoms with E-state index in [-0.39, 0.29) is 11.5 Å². The van der Waals surface area contributed by atoms with Gasteiger partial charge in [0.15, 0.2) is 5.71 Å². The topological polar surface area (TPSA) is 67.6 Å². The molecule has 0 saturated heterocycles. The lowest BCUT2D eigenvalue weighted by atomic mass is 9.97. The van der Waals surface area contributed by atoms with Gasteiger partial charge in [0.05, 0.1) is 11.1 Å². The summed E-state index contributed by atoms with van der Waals surface area (Å²) in [5, 5.41) is 5.14. The Morgan fingerprint density at radius 1 is 1.18 bits per heavy atom. The van der Waals surface area contributed by atoms with E-state index >= 15 is 0 Å². The van der Waals surface area contributed by atoms with Crippen LogP contribution in [0.2, 0.25) is 0 Å². The van der Waals surface area contributed by atoms with E-state index in [4.69, 9.17) is 0 Å². The molecular weight excluding hydrogens is 372 g/mol. The van der Waals surface area contributed by atoms with E-state index in [2.05, 4.69) is 10.1 Å². The highest BCUT2D eigenvalue weighted by Gasteiger charge is 2.33. The Balaban J connectivity index is 1.67. The van der Waals surface area contributed by atoms with Crippen LogP contribution < -0.4 is 10.5 Å². The molecule has 1 amide bonds. The molecule has 28 heavy (non-hydrogen) atoms. The molecule has 142 valence electrons. The summed E-state index contributed by atoms with van der Waals surface area (Å²) in [7, 11) is 0. The predicted octanol–water partition coefficient (Wildman–Crippen LogP) is 3.35. The number of para-hydroxylation sites is 1. The number of aryl methyl sites for hydroxylation is 2. The summed E-state index contributed by atoms with van der Waals surface area (Å²) in [6.45, 7) is 2.66. The number of anilines is 1. The van der Waals surface area contributed by atoms with Gasteiger partial charge in [-0.25, -0.2) is 4.98 Å². The molecule has 2 aromatic heterocycles. The van der Waals surface area contributed by atoms with Gasteiger partial charge in [-0.2, -0.15) is 9.78 Å². The van der Waals surface area contributed by atoms with E-state index in [1.54, 1.807) is 16.2 Å². The first-order chi connectivity index (χ1) is 13.7. The Morgan fingerprint density at radius 3 is 2.86 bits per heavy atom. The molecular formula is C21H20N4O2S. The largest absolute Gasteiger partial charge is 0.306 e. The maximum Gasteiger partial charge on any atom is 0.282 e. The fourth-order valence-electron chi connectivity index (χ4n) is 4.12. The number of rotatable bonds is 3. The van der Waals surface area contributed by atoms with Gasteiger partial charge in [-0.15, -0.1) is 11.3 Å². The number of carbonyl (C=O) groups is 1. The third-order valence-electron chi connectivity index (χ3n) is 5.41. The number of hydrogen-bond donors (Lipinski definition) is 0. The van der Waals surface area contributed by atoms with Crippen LogP contribution in [0, 0.1) is 0 Å². The maximum absolute atomic E-state index is 13.2. The average molecular weight is 392 g/mol. The monoisotopic (exact) mass is 392 g/mol. The minimum Gasteiger partial charge on any atom is -0.306 e. The molecule has 3 heterocycles. The van der Waals surface area contributed by atoms with Crippen LogP contribution in [-0.2, 0) is 17.6 Å². The number of benzene rings is 1. The number of fused-ring (bicyclic) bond motifs is 4. The summed E-state index contributed by atoms with van der Waals surface area (Å²) >= 11 is 1.61. The van der Waals surface area contributed by atoms with Crippen molar-refractivity contribution in [1.29, 1.82) is 0 Å². The van der Waals surface area contributed by atoms with Crippen LogP contribution in [-0.4, -0.2) is 27.8 Å². The second-order valence-corrected chi connectivity index (χ2v) is 8.29. The molecule has 1 aromatic carbocycles. The van der Waals surface area contributed by atoms with E-state index in [9.17, 15) is 9.59 Å². The first kappa shape index (κ1) is 17.3. The maximum atomic E-state index is 13.2. The van der Waals surface area contributed by atoms with Crippen molar-refractivity contribution in [3.05, 3.63) is 57.0 Å². The SMILES string of the molecule is CCCN1C(=O)/C(=N\n2cnc3sc4c(c3c2=O)CCCC4)c2ccccc21. The summed E-state index contributed by atoms with van der Waals surface area (Å²) in [5.41, 5.74) is 2.86. The van der Waals surface area contributed by atoms with Gasteiger partial charge in [-0.3, -0.25) is 9.59 Å². The van der Waals surface area contributed by atoms with Crippen LogP contribution in [0.25, 0.3) is 10.2 Å². The standard InChI is InChI=1S/C21H20N4O2S/c1-2-11-24-15-9-5-3-7-13(15)18(21(24)27)23-25-12-22-19-17(20(25)26)14-8-4-6-10-16(14)28-19/h3,5,7,9,12H,2,4,6,8,10-11H2,1H3/b23-18-. The minimum absolute atomic E-state index is 0.164. The van der Waals surface area contributed by atoms with Crippen molar-refractivity contribution in [2.24, 2.45) is 5.10 Å². The molecule has 7 heteroatoms. The Hall–Kier alpha value is -2.80. The lowest BCUT2D eigenvalue weighted by Crippen LogP contribution is -2.31. The molecule has 0 atom stereocenters. The van der Waals surface area contributed by atoms with Gasteiger partial charge >= 0.3 is 0 Å². The molecule has 2 aliphatic rings. The van der Waals surface area contributed by atoms with E-state index < -0.39 is 0 Å². The van der Waals surface area contributed by atoms with Gasteiger partial charge in [0.2, 0.25) is 0 Å². The zero-order valence-corrected chi connectivity index (χ0v) is 16.5. The highest BCUT2D eigenvalue weighted by molar-refractivity contribution is 7.18. The predicted molar refractivity (Wildman–Crippen MR) is 112 cm³/mol. The smallest absolute Gasteiger partial charge is 0.282 e. The van der Waals surface area contributed by atoms with Gasteiger partial charge in [-0.05, 0) is 43.7 Å². The van der Waals surface area contributed by atoms with Crippen molar-refractivity contribution < 1.29 is 4.79 Å². The number of carbonyl (C=O) groups excluding carboxylic acids is 1. The Bertz CT molecular complexity index is 1190. The van der Waals surface area contributed by atoms with Crippen LogP contribution in [0.15, 0.2) is 40.5 Å². The minimum atomic E-state index is -0.184. The molecule has 5 rings (SSSR count). The van der Waals surface area contributed by atoms with Crippen LogP contribution in [0.3, 0.4) is 0 Å². The van der Waals surface area contributed by atoms with Gasteiger partial charge < -0.3 is 4.90 Å². The zero-order chi connectivity index (χ0) is 19.3. The van der Waals surface area contributed by atoms with Crippen LogP contribution >= 0.6 is 11.3 Å². The second-order valence-electron chi connectivity index (χ2n) is 7.21. The lowest BCUT2D eigenvalue weighted by Gasteiger charge is -2.14. The summed E-state index contributed by atoms with van der Waals surface area (Å²) in [6, 6.07) is 7.60. The number of aromatic nitrogens is 2. The van der Waals surface area contributed by atoms with Crippen molar-refractivity contribution in [3.63, 3.8) is 0 Å². The molecule has 0 unspecified atom stereocenters. The number of nitrogens with zero attached hydrogens (tertiary/aromatic N) is 4. The Morgan fingerprint density at radius 2 is 2.00 bits per heavy atom. The summed E-state index contributed by atoms with van der Waals surface area (Å²) in [5.74, 6) is -0.164. The molecule has 3 aromatic rings. The fourth-order valence-corrected chi connectivity index (χ4v) is 5.34. The second kappa shape index (κ2) is 6.67. The third kappa shape index (κ3) is 2.53. The van der Waals surface area contributed by atoms with Gasteiger partial charge in [0.25, 0.3) is 11.5 Å². The van der Waals surface area contributed by atoms with Crippen molar-refractivity contribution in [2.45, 2.75) is 39.0 Å². The summed E-state index contributed by atoms with van der Waals surface area (Å²) in [4.78, 5) is 34.4. The molecule has 1 aliphatic heterocycles.